The molecule has 90 valence electrons. The molecule has 0 saturated carbocycles. The van der Waals surface area contributed by atoms with E-state index >= 15 is 0 Å². The molecule has 1 heterocycles. The molecule has 0 aromatic carbocycles. The molecule has 1 rings (SSSR count). The molecule has 0 radical (unpaired) electrons. The first-order valence-electron chi connectivity index (χ1n) is 4.93. The lowest BCUT2D eigenvalue weighted by atomic mass is 9.89. The summed E-state index contributed by atoms with van der Waals surface area (Å²) in [4.78, 5) is 0. The normalized spacial score (nSPS) is 34.0. The first-order chi connectivity index (χ1) is 6.99. The van der Waals surface area contributed by atoms with E-state index in [4.69, 9.17) is 14.9 Å². The molecule has 0 spiro atoms. The van der Waals surface area contributed by atoms with Crippen LogP contribution in [0, 0.1) is 5.92 Å². The van der Waals surface area contributed by atoms with Gasteiger partial charge in [0.05, 0.1) is 19.3 Å². The lowest BCUT2D eigenvalue weighted by Gasteiger charge is -2.40. The fourth-order valence-electron chi connectivity index (χ4n) is 1.57. The highest BCUT2D eigenvalue weighted by Crippen LogP contribution is 2.25. The van der Waals surface area contributed by atoms with E-state index in [1.54, 1.807) is 0 Å². The van der Waals surface area contributed by atoms with Crippen molar-refractivity contribution < 1.29 is 30.3 Å². The van der Waals surface area contributed by atoms with Crippen molar-refractivity contribution in [2.24, 2.45) is 5.92 Å². The second-order valence-corrected chi connectivity index (χ2v) is 4.00. The maximum atomic E-state index is 9.59. The summed E-state index contributed by atoms with van der Waals surface area (Å²) in [5.74, 6) is 0.105. The highest BCUT2D eigenvalue weighted by atomic mass is 16.5. The fraction of sp³-hybridized carbons (Fsp3) is 1.00. The van der Waals surface area contributed by atoms with Gasteiger partial charge in [-0.25, -0.2) is 0 Å². The summed E-state index contributed by atoms with van der Waals surface area (Å²) in [6.07, 6.45) is -6.36. The Morgan fingerprint density at radius 1 is 1.20 bits per heavy atom. The van der Waals surface area contributed by atoms with Crippen molar-refractivity contribution in [3.63, 3.8) is 0 Å². The van der Waals surface area contributed by atoms with Crippen LogP contribution < -0.4 is 0 Å². The molecule has 15 heavy (non-hydrogen) atoms. The summed E-state index contributed by atoms with van der Waals surface area (Å²) in [6, 6.07) is 0. The maximum Gasteiger partial charge on any atom is 0.111 e. The van der Waals surface area contributed by atoms with E-state index in [1.807, 2.05) is 6.92 Å². The third kappa shape index (κ3) is 2.66. The van der Waals surface area contributed by atoms with Gasteiger partial charge in [-0.3, -0.25) is 0 Å². The van der Waals surface area contributed by atoms with Crippen LogP contribution in [-0.2, 0) is 4.74 Å². The minimum Gasteiger partial charge on any atom is -0.394 e. The second kappa shape index (κ2) is 5.20. The van der Waals surface area contributed by atoms with Crippen LogP contribution in [0.25, 0.3) is 0 Å². The van der Waals surface area contributed by atoms with E-state index in [0.29, 0.717) is 6.61 Å². The van der Waals surface area contributed by atoms with E-state index in [-0.39, 0.29) is 5.92 Å². The Bertz CT molecular complexity index is 199. The summed E-state index contributed by atoms with van der Waals surface area (Å²) in [5.41, 5.74) is 0. The molecule has 0 aliphatic carbocycles. The molecule has 6 atom stereocenters. The Balaban J connectivity index is 2.47. The van der Waals surface area contributed by atoms with Crippen LogP contribution >= 0.6 is 0 Å². The van der Waals surface area contributed by atoms with Gasteiger partial charge in [0.25, 0.3) is 0 Å². The average Bonchev–Trinajstić information content (AvgIpc) is 2.23. The lowest BCUT2D eigenvalue weighted by molar-refractivity contribution is -0.207. The van der Waals surface area contributed by atoms with Crippen molar-refractivity contribution in [1.29, 1.82) is 0 Å². The van der Waals surface area contributed by atoms with Gasteiger partial charge < -0.3 is 30.3 Å². The molecule has 6 heteroatoms. The highest BCUT2D eigenvalue weighted by molar-refractivity contribution is 4.90. The molecular formula is C9H18O6. The molecule has 6 nitrogen and oxygen atoms in total. The minimum atomic E-state index is -1.58. The van der Waals surface area contributed by atoms with Crippen molar-refractivity contribution in [2.75, 3.05) is 13.2 Å². The molecule has 1 aliphatic rings. The topological polar surface area (TPSA) is 110 Å². The largest absolute Gasteiger partial charge is 0.394 e. The maximum absolute atomic E-state index is 9.59. The van der Waals surface area contributed by atoms with Crippen molar-refractivity contribution in [3.05, 3.63) is 0 Å². The van der Waals surface area contributed by atoms with Crippen LogP contribution in [0.1, 0.15) is 6.92 Å². The first kappa shape index (κ1) is 12.8. The number of rotatable bonds is 5. The summed E-state index contributed by atoms with van der Waals surface area (Å²) < 4.78 is 5.02. The Kier molecular flexibility index (Phi) is 4.45. The summed E-state index contributed by atoms with van der Waals surface area (Å²) in [7, 11) is 0. The van der Waals surface area contributed by atoms with Gasteiger partial charge in [0.1, 0.15) is 24.4 Å². The van der Waals surface area contributed by atoms with Gasteiger partial charge in [-0.1, -0.05) is 6.92 Å². The van der Waals surface area contributed by atoms with E-state index in [2.05, 4.69) is 0 Å². The predicted octanol–water partition coefficient (Wildman–Crippen LogP) is -2.54. The van der Waals surface area contributed by atoms with Crippen LogP contribution in [0.3, 0.4) is 0 Å². The molecule has 0 aromatic heterocycles. The lowest BCUT2D eigenvalue weighted by Crippen LogP contribution is -2.56. The molecule has 0 amide bonds. The van der Waals surface area contributed by atoms with Gasteiger partial charge in [-0.2, -0.15) is 0 Å². The van der Waals surface area contributed by atoms with Crippen LogP contribution in [0.15, 0.2) is 0 Å². The summed E-state index contributed by atoms with van der Waals surface area (Å²) in [6.45, 7) is 1.68. The molecular weight excluding hydrogens is 204 g/mol. The third-order valence-corrected chi connectivity index (χ3v) is 2.73. The van der Waals surface area contributed by atoms with Gasteiger partial charge in [0.15, 0.2) is 0 Å². The van der Waals surface area contributed by atoms with Gasteiger partial charge in [0, 0.05) is 5.92 Å². The van der Waals surface area contributed by atoms with Gasteiger partial charge in [-0.15, -0.1) is 0 Å². The van der Waals surface area contributed by atoms with Crippen LogP contribution in [-0.4, -0.2) is 69.3 Å². The predicted molar refractivity (Wildman–Crippen MR) is 50.0 cm³/mol. The average molecular weight is 222 g/mol. The number of hydrogen-bond acceptors (Lipinski definition) is 6. The molecule has 1 saturated heterocycles. The molecule has 1 fully saturated rings. The van der Waals surface area contributed by atoms with E-state index in [1.165, 1.54) is 0 Å². The monoisotopic (exact) mass is 222 g/mol. The van der Waals surface area contributed by atoms with Crippen LogP contribution in [0.2, 0.25) is 0 Å². The smallest absolute Gasteiger partial charge is 0.111 e. The third-order valence-electron chi connectivity index (χ3n) is 2.73. The Morgan fingerprint density at radius 2 is 1.80 bits per heavy atom. The molecule has 0 bridgehead atoms. The number of aliphatic hydroxyl groups is 5. The number of aliphatic hydroxyl groups excluding tert-OH is 5. The quantitative estimate of drug-likeness (QED) is 0.350. The second-order valence-electron chi connectivity index (χ2n) is 4.00. The van der Waals surface area contributed by atoms with E-state index < -0.39 is 37.1 Å². The summed E-state index contributed by atoms with van der Waals surface area (Å²) in [5, 5.41) is 46.1. The first-order valence-corrected chi connectivity index (χ1v) is 4.93. The van der Waals surface area contributed by atoms with E-state index in [0.717, 1.165) is 0 Å². The standard InChI is InChI=1S/C9H18O6/c1-4-3-15-9(4)8(14)7(13)6(12)5(11)2-10/h4-14H,2-3H2,1H3/t4?,5-,6-,7+,8-,9?/m1/s1. The minimum absolute atomic E-state index is 0.105. The zero-order valence-electron chi connectivity index (χ0n) is 8.52. The van der Waals surface area contributed by atoms with Crippen molar-refractivity contribution in [1.82, 2.24) is 0 Å². The van der Waals surface area contributed by atoms with Crippen molar-refractivity contribution in [3.8, 4) is 0 Å². The zero-order valence-corrected chi connectivity index (χ0v) is 8.52. The Labute approximate surface area is 87.7 Å². The SMILES string of the molecule is CC1COC1[C@H](O)[C@@H](O)[C@H](O)[C@H](O)CO. The Hall–Kier alpha value is -0.240. The van der Waals surface area contributed by atoms with Gasteiger partial charge in [0.2, 0.25) is 0 Å². The van der Waals surface area contributed by atoms with Crippen molar-refractivity contribution in [2.45, 2.75) is 37.4 Å². The van der Waals surface area contributed by atoms with Crippen molar-refractivity contribution >= 4 is 0 Å². The molecule has 2 unspecified atom stereocenters. The zero-order chi connectivity index (χ0) is 11.6. The van der Waals surface area contributed by atoms with Crippen LogP contribution in [0.5, 0.6) is 0 Å². The highest BCUT2D eigenvalue weighted by Gasteiger charge is 2.41. The fourth-order valence-corrected chi connectivity index (χ4v) is 1.57. The number of ether oxygens (including phenoxy) is 1. The Morgan fingerprint density at radius 3 is 2.13 bits per heavy atom. The van der Waals surface area contributed by atoms with Gasteiger partial charge in [-0.05, 0) is 0 Å². The summed E-state index contributed by atoms with van der Waals surface area (Å²) >= 11 is 0. The molecule has 5 N–H and O–H groups in total. The van der Waals surface area contributed by atoms with Crippen LogP contribution in [0.4, 0.5) is 0 Å². The molecule has 1 aliphatic heterocycles. The molecule has 0 aromatic rings. The number of hydrogen-bond donors (Lipinski definition) is 5. The van der Waals surface area contributed by atoms with Gasteiger partial charge >= 0.3 is 0 Å². The van der Waals surface area contributed by atoms with E-state index in [9.17, 15) is 15.3 Å².